The molecule has 0 bridgehead atoms. The van der Waals surface area contributed by atoms with Crippen LogP contribution in [0.5, 0.6) is 0 Å². The third-order valence-corrected chi connectivity index (χ3v) is 7.03. The summed E-state index contributed by atoms with van der Waals surface area (Å²) in [6.45, 7) is 0.701. The molecule has 2 heterocycles. The Morgan fingerprint density at radius 1 is 1.11 bits per heavy atom. The summed E-state index contributed by atoms with van der Waals surface area (Å²) < 4.78 is 27.6. The van der Waals surface area contributed by atoms with Crippen LogP contribution in [0.15, 0.2) is 53.4 Å². The molecular formula is C18H17N3O5S. The molecule has 27 heavy (non-hydrogen) atoms. The number of carbonyl (C=O) groups is 1. The van der Waals surface area contributed by atoms with E-state index in [1.807, 2.05) is 0 Å². The van der Waals surface area contributed by atoms with Crippen LogP contribution < -0.4 is 4.90 Å². The molecule has 2 aliphatic rings. The molecule has 1 fully saturated rings. The molecular weight excluding hydrogens is 370 g/mol. The van der Waals surface area contributed by atoms with Crippen LogP contribution in [-0.4, -0.2) is 42.7 Å². The molecule has 1 amide bonds. The number of carbonyl (C=O) groups excluding carboxylic acids is 1. The number of hydrogen-bond acceptors (Lipinski definition) is 5. The Hall–Kier alpha value is -2.78. The number of fused-ring (bicyclic) bond motifs is 2. The molecule has 140 valence electrons. The van der Waals surface area contributed by atoms with E-state index in [0.29, 0.717) is 18.7 Å². The fourth-order valence-corrected chi connectivity index (χ4v) is 5.60. The molecule has 2 aromatic carbocycles. The van der Waals surface area contributed by atoms with Gasteiger partial charge in [-0.1, -0.05) is 12.1 Å². The van der Waals surface area contributed by atoms with Crippen LogP contribution in [0.4, 0.5) is 11.4 Å². The minimum Gasteiger partial charge on any atom is -0.305 e. The molecule has 0 aliphatic carbocycles. The topological polar surface area (TPSA) is 101 Å². The van der Waals surface area contributed by atoms with Crippen molar-refractivity contribution in [2.24, 2.45) is 0 Å². The Labute approximate surface area is 156 Å². The van der Waals surface area contributed by atoms with E-state index in [0.717, 1.165) is 6.42 Å². The Morgan fingerprint density at radius 3 is 2.52 bits per heavy atom. The first-order valence-corrected chi connectivity index (χ1v) is 10.0. The van der Waals surface area contributed by atoms with Crippen LogP contribution in [0.1, 0.15) is 23.2 Å². The minimum absolute atomic E-state index is 0.104. The van der Waals surface area contributed by atoms with E-state index in [2.05, 4.69) is 0 Å². The average Bonchev–Trinajstić information content (AvgIpc) is 3.12. The van der Waals surface area contributed by atoms with Gasteiger partial charge >= 0.3 is 0 Å². The predicted molar refractivity (Wildman–Crippen MR) is 98.1 cm³/mol. The van der Waals surface area contributed by atoms with Crippen LogP contribution in [0.3, 0.4) is 0 Å². The quantitative estimate of drug-likeness (QED) is 0.582. The number of non-ortho nitro benzene ring substituents is 1. The van der Waals surface area contributed by atoms with E-state index >= 15 is 0 Å². The van der Waals surface area contributed by atoms with Gasteiger partial charge in [-0.25, -0.2) is 8.42 Å². The van der Waals surface area contributed by atoms with Gasteiger partial charge in [-0.2, -0.15) is 4.31 Å². The molecule has 1 saturated heterocycles. The third kappa shape index (κ3) is 2.88. The smallest absolute Gasteiger partial charge is 0.269 e. The molecule has 0 N–H and O–H groups in total. The fourth-order valence-electron chi connectivity index (χ4n) is 3.72. The standard InChI is InChI=1S/C18H17N3O5S/c22-18(13-7-9-14(10-8-13)21(23)24)19-12-15-4-3-11-20(15)27(25,26)17-6-2-1-5-16(17)19/h1-2,5-10,15H,3-4,11-12H2/t15-/m0/s1. The summed E-state index contributed by atoms with van der Waals surface area (Å²) in [6, 6.07) is 11.5. The summed E-state index contributed by atoms with van der Waals surface area (Å²) in [5, 5.41) is 10.8. The lowest BCUT2D eigenvalue weighted by molar-refractivity contribution is -0.384. The number of amides is 1. The van der Waals surface area contributed by atoms with Crippen LogP contribution in [0.2, 0.25) is 0 Å². The molecule has 0 saturated carbocycles. The van der Waals surface area contributed by atoms with Crippen molar-refractivity contribution >= 4 is 27.3 Å². The number of nitrogens with zero attached hydrogens (tertiary/aromatic N) is 3. The van der Waals surface area contributed by atoms with Crippen molar-refractivity contribution in [1.82, 2.24) is 4.31 Å². The molecule has 0 radical (unpaired) electrons. The Bertz CT molecular complexity index is 1020. The number of benzene rings is 2. The minimum atomic E-state index is -3.67. The van der Waals surface area contributed by atoms with E-state index in [9.17, 15) is 23.3 Å². The second kappa shape index (κ2) is 6.43. The van der Waals surface area contributed by atoms with Crippen molar-refractivity contribution < 1.29 is 18.1 Å². The van der Waals surface area contributed by atoms with E-state index in [1.165, 1.54) is 39.5 Å². The number of anilines is 1. The largest absolute Gasteiger partial charge is 0.305 e. The Morgan fingerprint density at radius 2 is 1.81 bits per heavy atom. The van der Waals surface area contributed by atoms with Crippen molar-refractivity contribution in [2.45, 2.75) is 23.8 Å². The van der Waals surface area contributed by atoms with Gasteiger partial charge in [-0.15, -0.1) is 0 Å². The molecule has 0 aromatic heterocycles. The van der Waals surface area contributed by atoms with E-state index in [-0.39, 0.29) is 34.6 Å². The van der Waals surface area contributed by atoms with Gasteiger partial charge < -0.3 is 4.90 Å². The number of nitro groups is 1. The summed E-state index contributed by atoms with van der Waals surface area (Å²) in [5.41, 5.74) is 0.516. The van der Waals surface area contributed by atoms with E-state index in [4.69, 9.17) is 0 Å². The first-order chi connectivity index (χ1) is 12.9. The van der Waals surface area contributed by atoms with Crippen LogP contribution in [0.25, 0.3) is 0 Å². The first-order valence-electron chi connectivity index (χ1n) is 8.57. The highest BCUT2D eigenvalue weighted by atomic mass is 32.2. The maximum absolute atomic E-state index is 13.1. The fraction of sp³-hybridized carbons (Fsp3) is 0.278. The summed E-state index contributed by atoms with van der Waals surface area (Å²) in [4.78, 5) is 25.0. The van der Waals surface area contributed by atoms with E-state index < -0.39 is 14.9 Å². The summed E-state index contributed by atoms with van der Waals surface area (Å²) >= 11 is 0. The molecule has 4 rings (SSSR count). The molecule has 8 nitrogen and oxygen atoms in total. The second-order valence-electron chi connectivity index (χ2n) is 6.60. The van der Waals surface area contributed by atoms with Gasteiger partial charge in [0.25, 0.3) is 11.6 Å². The predicted octanol–water partition coefficient (Wildman–Crippen LogP) is 2.41. The lowest BCUT2D eigenvalue weighted by Gasteiger charge is -2.25. The van der Waals surface area contributed by atoms with Crippen LogP contribution in [-0.2, 0) is 10.0 Å². The Kier molecular flexibility index (Phi) is 4.20. The number of hydrogen-bond donors (Lipinski definition) is 0. The maximum atomic E-state index is 13.1. The van der Waals surface area contributed by atoms with Gasteiger partial charge in [0.2, 0.25) is 10.0 Å². The zero-order chi connectivity index (χ0) is 19.2. The second-order valence-corrected chi connectivity index (χ2v) is 8.46. The average molecular weight is 387 g/mol. The summed E-state index contributed by atoms with van der Waals surface area (Å²) in [5.74, 6) is -0.374. The monoisotopic (exact) mass is 387 g/mol. The lowest BCUT2D eigenvalue weighted by atomic mass is 10.1. The third-order valence-electron chi connectivity index (χ3n) is 5.03. The number of sulfonamides is 1. The number of rotatable bonds is 2. The van der Waals surface area contributed by atoms with Crippen molar-refractivity contribution in [2.75, 3.05) is 18.0 Å². The van der Waals surface area contributed by atoms with Gasteiger partial charge in [-0.05, 0) is 37.1 Å². The number of para-hydroxylation sites is 1. The molecule has 2 aliphatic heterocycles. The molecule has 0 spiro atoms. The lowest BCUT2D eigenvalue weighted by Crippen LogP contribution is -2.42. The zero-order valence-electron chi connectivity index (χ0n) is 14.3. The summed E-state index contributed by atoms with van der Waals surface area (Å²) in [7, 11) is -3.67. The molecule has 1 atom stereocenters. The van der Waals surface area contributed by atoms with Crippen LogP contribution >= 0.6 is 0 Å². The number of nitro benzene ring substituents is 1. The summed E-state index contributed by atoms with van der Waals surface area (Å²) in [6.07, 6.45) is 1.45. The highest BCUT2D eigenvalue weighted by Gasteiger charge is 2.42. The molecule has 2 aromatic rings. The van der Waals surface area contributed by atoms with Crippen molar-refractivity contribution in [3.05, 3.63) is 64.2 Å². The molecule has 0 unspecified atom stereocenters. The highest BCUT2D eigenvalue weighted by Crippen LogP contribution is 2.37. The first kappa shape index (κ1) is 17.6. The SMILES string of the molecule is O=C(c1ccc([N+](=O)[O-])cc1)N1C[C@@H]2CCCN2S(=O)(=O)c2ccccc21. The molecule has 9 heteroatoms. The van der Waals surface area contributed by atoms with Crippen molar-refractivity contribution in [1.29, 1.82) is 0 Å². The zero-order valence-corrected chi connectivity index (χ0v) is 15.1. The Balaban J connectivity index is 1.79. The maximum Gasteiger partial charge on any atom is 0.269 e. The van der Waals surface area contributed by atoms with Gasteiger partial charge in [0, 0.05) is 36.8 Å². The van der Waals surface area contributed by atoms with Gasteiger partial charge in [0.15, 0.2) is 0 Å². The van der Waals surface area contributed by atoms with Gasteiger partial charge in [0.1, 0.15) is 4.90 Å². The highest BCUT2D eigenvalue weighted by molar-refractivity contribution is 7.89. The van der Waals surface area contributed by atoms with Crippen molar-refractivity contribution in [3.63, 3.8) is 0 Å². The normalized spacial score (nSPS) is 21.2. The van der Waals surface area contributed by atoms with Gasteiger partial charge in [0.05, 0.1) is 10.6 Å². The van der Waals surface area contributed by atoms with Crippen LogP contribution in [0, 0.1) is 10.1 Å². The van der Waals surface area contributed by atoms with Crippen molar-refractivity contribution in [3.8, 4) is 0 Å². The van der Waals surface area contributed by atoms with E-state index in [1.54, 1.807) is 18.2 Å². The van der Waals surface area contributed by atoms with Gasteiger partial charge in [-0.3, -0.25) is 14.9 Å².